The van der Waals surface area contributed by atoms with Crippen molar-refractivity contribution in [3.63, 3.8) is 0 Å². The zero-order chi connectivity index (χ0) is 29.1. The van der Waals surface area contributed by atoms with Gasteiger partial charge < -0.3 is 24.4 Å². The lowest BCUT2D eigenvalue weighted by atomic mass is 9.90. The molecule has 2 atom stereocenters. The number of piperidine rings is 1. The monoisotopic (exact) mass is 598 g/mol. The first-order chi connectivity index (χ1) is 19.6. The number of hydrogen-bond donors (Lipinski definition) is 1. The number of nitrogens with one attached hydrogen (secondary N) is 1. The van der Waals surface area contributed by atoms with E-state index < -0.39 is 5.60 Å². The first-order valence-electron chi connectivity index (χ1n) is 13.5. The summed E-state index contributed by atoms with van der Waals surface area (Å²) < 4.78 is 21.3. The molecule has 2 unspecified atom stereocenters. The molecule has 2 bridgehead atoms. The number of aromatic nitrogens is 4. The van der Waals surface area contributed by atoms with Crippen molar-refractivity contribution in [2.75, 3.05) is 18.2 Å². The Balaban J connectivity index is 1.31. The zero-order valence-electron chi connectivity index (χ0n) is 23.7. The standard InChI is InChI=1S/C28H34N6O5S2/c1-16-21(7-6-10-29-16)38-22-13-20(40-15-23(35)37-5)14-30-25(22)32-26-31-24(33-41-26)17-11-18-8-9-19(12-17)34(18)27(36)39-28(2,3)4/h6-7,10,13-14,17-19H,8-9,11-12,15H2,1-5H3,(H,30,31,32,33). The molecular formula is C28H34N6O5S2. The van der Waals surface area contributed by atoms with E-state index in [1.807, 2.05) is 44.7 Å². The van der Waals surface area contributed by atoms with Gasteiger partial charge in [0.25, 0.3) is 0 Å². The van der Waals surface area contributed by atoms with Crippen molar-refractivity contribution in [1.29, 1.82) is 0 Å². The predicted octanol–water partition coefficient (Wildman–Crippen LogP) is 6.08. The first-order valence-corrected chi connectivity index (χ1v) is 15.3. The molecule has 3 aromatic heterocycles. The minimum atomic E-state index is -0.519. The second-order valence-electron chi connectivity index (χ2n) is 11.1. The summed E-state index contributed by atoms with van der Waals surface area (Å²) in [6.45, 7) is 7.55. The molecule has 0 aliphatic carbocycles. The normalized spacial score (nSPS) is 20.0. The second-order valence-corrected chi connectivity index (χ2v) is 12.9. The smallest absolute Gasteiger partial charge is 0.410 e. The molecular weight excluding hydrogens is 564 g/mol. The number of esters is 1. The topological polar surface area (TPSA) is 129 Å². The highest BCUT2D eigenvalue weighted by atomic mass is 32.2. The molecule has 11 nitrogen and oxygen atoms in total. The predicted molar refractivity (Wildman–Crippen MR) is 156 cm³/mol. The molecule has 2 aliphatic rings. The van der Waals surface area contributed by atoms with E-state index >= 15 is 0 Å². The Hall–Kier alpha value is -3.45. The summed E-state index contributed by atoms with van der Waals surface area (Å²) in [5, 5.41) is 3.86. The van der Waals surface area contributed by atoms with Crippen LogP contribution >= 0.6 is 23.3 Å². The number of thioether (sulfide) groups is 1. The highest BCUT2D eigenvalue weighted by Crippen LogP contribution is 2.44. The molecule has 1 N–H and O–H groups in total. The molecule has 3 aromatic rings. The number of anilines is 2. The van der Waals surface area contributed by atoms with Crippen LogP contribution in [0.2, 0.25) is 0 Å². The fourth-order valence-electron chi connectivity index (χ4n) is 5.13. The maximum absolute atomic E-state index is 12.8. The van der Waals surface area contributed by atoms with Crippen LogP contribution in [0.15, 0.2) is 35.5 Å². The van der Waals surface area contributed by atoms with Crippen molar-refractivity contribution in [2.24, 2.45) is 0 Å². The number of rotatable bonds is 8. The van der Waals surface area contributed by atoms with E-state index in [2.05, 4.69) is 19.7 Å². The molecule has 0 aromatic carbocycles. The Labute approximate surface area is 247 Å². The number of ether oxygens (including phenoxy) is 3. The van der Waals surface area contributed by atoms with Crippen LogP contribution in [0.1, 0.15) is 63.9 Å². The number of aryl methyl sites for hydroxylation is 1. The van der Waals surface area contributed by atoms with Gasteiger partial charge in [0.1, 0.15) is 17.2 Å². The number of amides is 1. The van der Waals surface area contributed by atoms with Crippen molar-refractivity contribution in [3.05, 3.63) is 42.1 Å². The Morgan fingerprint density at radius 3 is 2.61 bits per heavy atom. The lowest BCUT2D eigenvalue weighted by Crippen LogP contribution is -2.48. The molecule has 5 rings (SSSR count). The molecule has 5 heterocycles. The van der Waals surface area contributed by atoms with E-state index in [1.54, 1.807) is 18.5 Å². The summed E-state index contributed by atoms with van der Waals surface area (Å²) in [5.74, 6) is 2.30. The van der Waals surface area contributed by atoms with Crippen LogP contribution < -0.4 is 10.1 Å². The van der Waals surface area contributed by atoms with Crippen LogP contribution in [0, 0.1) is 6.92 Å². The lowest BCUT2D eigenvalue weighted by molar-refractivity contribution is -0.137. The van der Waals surface area contributed by atoms with Crippen molar-refractivity contribution in [1.82, 2.24) is 24.2 Å². The van der Waals surface area contributed by atoms with E-state index in [1.165, 1.54) is 30.4 Å². The Kier molecular flexibility index (Phi) is 8.64. The molecule has 13 heteroatoms. The molecule has 0 saturated carbocycles. The zero-order valence-corrected chi connectivity index (χ0v) is 25.4. The number of nitrogens with zero attached hydrogens (tertiary/aromatic N) is 5. The summed E-state index contributed by atoms with van der Waals surface area (Å²) in [5.41, 5.74) is 0.214. The van der Waals surface area contributed by atoms with Crippen molar-refractivity contribution in [3.8, 4) is 11.5 Å². The summed E-state index contributed by atoms with van der Waals surface area (Å²) in [4.78, 5) is 40.8. The van der Waals surface area contributed by atoms with Crippen LogP contribution in [0.5, 0.6) is 11.5 Å². The Morgan fingerprint density at radius 2 is 1.93 bits per heavy atom. The molecule has 0 radical (unpaired) electrons. The van der Waals surface area contributed by atoms with Crippen LogP contribution in [0.25, 0.3) is 0 Å². The van der Waals surface area contributed by atoms with E-state index in [-0.39, 0.29) is 35.8 Å². The number of carbonyl (C=O) groups excluding carboxylic acids is 2. The van der Waals surface area contributed by atoms with Crippen molar-refractivity contribution in [2.45, 2.75) is 81.9 Å². The first kappa shape index (κ1) is 29.1. The van der Waals surface area contributed by atoms with Gasteiger partial charge in [0.05, 0.1) is 18.6 Å². The molecule has 2 saturated heterocycles. The van der Waals surface area contributed by atoms with Gasteiger partial charge in [-0.05, 0) is 71.6 Å². The fourth-order valence-corrected chi connectivity index (χ4v) is 6.49. The number of methoxy groups -OCH3 is 1. The fraction of sp³-hybridized carbons (Fsp3) is 0.500. The SMILES string of the molecule is COC(=O)CSc1cnc(Nc2nc(C3CC4CCC(C3)N4C(=O)OC(C)(C)C)ns2)c(Oc2cccnc2C)c1. The number of pyridine rings is 2. The summed E-state index contributed by atoms with van der Waals surface area (Å²) in [6, 6.07) is 5.72. The largest absolute Gasteiger partial charge is 0.468 e. The second kappa shape index (κ2) is 12.2. The van der Waals surface area contributed by atoms with Gasteiger partial charge in [-0.15, -0.1) is 11.8 Å². The van der Waals surface area contributed by atoms with Gasteiger partial charge in [0.2, 0.25) is 5.13 Å². The average Bonchev–Trinajstić information content (AvgIpc) is 3.50. The third-order valence-corrected chi connectivity index (χ3v) is 8.54. The van der Waals surface area contributed by atoms with Gasteiger partial charge in [-0.3, -0.25) is 9.78 Å². The van der Waals surface area contributed by atoms with Gasteiger partial charge in [0, 0.05) is 46.8 Å². The van der Waals surface area contributed by atoms with E-state index in [0.29, 0.717) is 22.4 Å². The van der Waals surface area contributed by atoms with E-state index in [4.69, 9.17) is 19.2 Å². The van der Waals surface area contributed by atoms with Gasteiger partial charge in [-0.1, -0.05) is 0 Å². The Bertz CT molecular complexity index is 1400. The molecule has 0 spiro atoms. The minimum absolute atomic E-state index is 0.132. The van der Waals surface area contributed by atoms with Crippen LogP contribution in [0.4, 0.5) is 15.7 Å². The van der Waals surface area contributed by atoms with Gasteiger partial charge in [-0.2, -0.15) is 4.37 Å². The number of fused-ring (bicyclic) bond motifs is 2. The molecule has 2 aliphatic heterocycles. The van der Waals surface area contributed by atoms with Gasteiger partial charge >= 0.3 is 12.1 Å². The number of hydrogen-bond acceptors (Lipinski definition) is 12. The van der Waals surface area contributed by atoms with Crippen LogP contribution in [-0.4, -0.2) is 66.8 Å². The van der Waals surface area contributed by atoms with E-state index in [0.717, 1.165) is 42.1 Å². The highest BCUT2D eigenvalue weighted by molar-refractivity contribution is 8.00. The molecule has 218 valence electrons. The third-order valence-electron chi connectivity index (χ3n) is 6.96. The quantitative estimate of drug-likeness (QED) is 0.239. The summed E-state index contributed by atoms with van der Waals surface area (Å²) in [7, 11) is 1.36. The van der Waals surface area contributed by atoms with Crippen LogP contribution in [-0.2, 0) is 14.3 Å². The maximum Gasteiger partial charge on any atom is 0.410 e. The van der Waals surface area contributed by atoms with Gasteiger partial charge in [0.15, 0.2) is 11.6 Å². The maximum atomic E-state index is 12.8. The van der Waals surface area contributed by atoms with Gasteiger partial charge in [-0.25, -0.2) is 14.8 Å². The number of carbonyl (C=O) groups is 2. The molecule has 1 amide bonds. The third kappa shape index (κ3) is 7.07. The van der Waals surface area contributed by atoms with E-state index in [9.17, 15) is 9.59 Å². The molecule has 2 fully saturated rings. The summed E-state index contributed by atoms with van der Waals surface area (Å²) >= 11 is 2.57. The van der Waals surface area contributed by atoms with Crippen LogP contribution in [0.3, 0.4) is 0 Å². The highest BCUT2D eigenvalue weighted by Gasteiger charge is 2.46. The average molecular weight is 599 g/mol. The Morgan fingerprint density at radius 1 is 1.17 bits per heavy atom. The lowest BCUT2D eigenvalue weighted by Gasteiger charge is -2.38. The summed E-state index contributed by atoms with van der Waals surface area (Å²) in [6.07, 6.45) is 6.70. The van der Waals surface area contributed by atoms with Crippen molar-refractivity contribution >= 4 is 46.3 Å². The minimum Gasteiger partial charge on any atom is -0.468 e. The van der Waals surface area contributed by atoms with Crippen molar-refractivity contribution < 1.29 is 23.8 Å². The molecule has 41 heavy (non-hydrogen) atoms.